The van der Waals surface area contributed by atoms with E-state index in [1.807, 2.05) is 66.3 Å². The standard InChI is InChI=1S/C24H24ClN3O3/c1-18-7-8-19(15-22(18)27-9-2-3-10-27)24(30)31-17-23(29)28-13-11-26(12-14-28)21-6-4-5-20(25)16-21/h2-10,15-16H,11-14,17H2,1H3. The molecule has 0 aliphatic carbocycles. The highest BCUT2D eigenvalue weighted by molar-refractivity contribution is 6.30. The number of ether oxygens (including phenoxy) is 1. The molecule has 1 aliphatic heterocycles. The number of esters is 1. The quantitative estimate of drug-likeness (QED) is 0.567. The molecule has 0 radical (unpaired) electrons. The maximum Gasteiger partial charge on any atom is 0.338 e. The molecule has 0 atom stereocenters. The fraction of sp³-hybridized carbons (Fsp3) is 0.250. The van der Waals surface area contributed by atoms with Gasteiger partial charge >= 0.3 is 5.97 Å². The summed E-state index contributed by atoms with van der Waals surface area (Å²) in [6, 6.07) is 16.9. The SMILES string of the molecule is Cc1ccc(C(=O)OCC(=O)N2CCN(c3cccc(Cl)c3)CC2)cc1-n1cccc1. The van der Waals surface area contributed by atoms with Gasteiger partial charge in [0.15, 0.2) is 6.61 Å². The number of carbonyl (C=O) groups is 2. The van der Waals surface area contributed by atoms with E-state index in [-0.39, 0.29) is 12.5 Å². The van der Waals surface area contributed by atoms with E-state index >= 15 is 0 Å². The van der Waals surface area contributed by atoms with Gasteiger partial charge in [-0.25, -0.2) is 4.79 Å². The highest BCUT2D eigenvalue weighted by Crippen LogP contribution is 2.21. The van der Waals surface area contributed by atoms with Crippen LogP contribution in [0.15, 0.2) is 67.0 Å². The zero-order chi connectivity index (χ0) is 21.8. The van der Waals surface area contributed by atoms with Gasteiger partial charge in [0.1, 0.15) is 0 Å². The predicted octanol–water partition coefficient (Wildman–Crippen LogP) is 3.94. The van der Waals surface area contributed by atoms with Crippen molar-refractivity contribution in [2.24, 2.45) is 0 Å². The number of piperazine rings is 1. The molecule has 0 N–H and O–H groups in total. The number of carbonyl (C=O) groups excluding carboxylic acids is 2. The zero-order valence-corrected chi connectivity index (χ0v) is 18.1. The Kier molecular flexibility index (Phi) is 6.28. The third-order valence-corrected chi connectivity index (χ3v) is 5.70. The van der Waals surface area contributed by atoms with Crippen molar-refractivity contribution in [1.29, 1.82) is 0 Å². The van der Waals surface area contributed by atoms with Crippen LogP contribution in [0.25, 0.3) is 5.69 Å². The number of anilines is 1. The summed E-state index contributed by atoms with van der Waals surface area (Å²) in [6.07, 6.45) is 3.84. The van der Waals surface area contributed by atoms with Crippen molar-refractivity contribution < 1.29 is 14.3 Å². The van der Waals surface area contributed by atoms with Crippen LogP contribution in [-0.4, -0.2) is 54.1 Å². The Morgan fingerprint density at radius 3 is 2.42 bits per heavy atom. The summed E-state index contributed by atoms with van der Waals surface area (Å²) in [7, 11) is 0. The van der Waals surface area contributed by atoms with Crippen molar-refractivity contribution >= 4 is 29.2 Å². The molecule has 2 heterocycles. The largest absolute Gasteiger partial charge is 0.452 e. The highest BCUT2D eigenvalue weighted by atomic mass is 35.5. The Hall–Kier alpha value is -3.25. The molecule has 4 rings (SSSR count). The minimum absolute atomic E-state index is 0.183. The van der Waals surface area contributed by atoms with Crippen LogP contribution in [0.3, 0.4) is 0 Å². The van der Waals surface area contributed by atoms with Crippen LogP contribution in [0, 0.1) is 6.92 Å². The van der Waals surface area contributed by atoms with E-state index in [0.29, 0.717) is 36.8 Å². The molecule has 31 heavy (non-hydrogen) atoms. The Morgan fingerprint density at radius 1 is 0.968 bits per heavy atom. The number of halogens is 1. The number of rotatable bonds is 5. The van der Waals surface area contributed by atoms with Gasteiger partial charge in [0.25, 0.3) is 5.91 Å². The second kappa shape index (κ2) is 9.27. The first-order valence-electron chi connectivity index (χ1n) is 10.2. The lowest BCUT2D eigenvalue weighted by molar-refractivity contribution is -0.134. The van der Waals surface area contributed by atoms with Gasteiger partial charge in [-0.1, -0.05) is 23.7 Å². The Balaban J connectivity index is 1.31. The van der Waals surface area contributed by atoms with Crippen LogP contribution in [0.1, 0.15) is 15.9 Å². The third kappa shape index (κ3) is 4.91. The zero-order valence-electron chi connectivity index (χ0n) is 17.3. The second-order valence-electron chi connectivity index (χ2n) is 7.52. The average molecular weight is 438 g/mol. The summed E-state index contributed by atoms with van der Waals surface area (Å²) in [5, 5.41) is 0.693. The molecule has 2 aromatic carbocycles. The van der Waals surface area contributed by atoms with E-state index in [1.54, 1.807) is 17.0 Å². The van der Waals surface area contributed by atoms with Crippen LogP contribution >= 0.6 is 11.6 Å². The summed E-state index contributed by atoms with van der Waals surface area (Å²) in [6.45, 7) is 4.28. The Labute approximate surface area is 186 Å². The van der Waals surface area contributed by atoms with E-state index in [2.05, 4.69) is 4.90 Å². The maximum atomic E-state index is 12.5. The molecule has 3 aromatic rings. The van der Waals surface area contributed by atoms with E-state index in [0.717, 1.165) is 16.9 Å². The van der Waals surface area contributed by atoms with E-state index in [4.69, 9.17) is 16.3 Å². The number of hydrogen-bond donors (Lipinski definition) is 0. The lowest BCUT2D eigenvalue weighted by Gasteiger charge is -2.36. The first-order chi connectivity index (χ1) is 15.0. The Morgan fingerprint density at radius 2 is 1.71 bits per heavy atom. The minimum Gasteiger partial charge on any atom is -0.452 e. The van der Waals surface area contributed by atoms with Gasteiger partial charge in [0.2, 0.25) is 0 Å². The van der Waals surface area contributed by atoms with Crippen LogP contribution < -0.4 is 4.90 Å². The van der Waals surface area contributed by atoms with Crippen molar-refractivity contribution in [3.8, 4) is 5.69 Å². The number of aryl methyl sites for hydroxylation is 1. The number of nitrogens with zero attached hydrogens (tertiary/aromatic N) is 3. The van der Waals surface area contributed by atoms with Crippen LogP contribution in [0.4, 0.5) is 5.69 Å². The summed E-state index contributed by atoms with van der Waals surface area (Å²) >= 11 is 6.07. The molecule has 160 valence electrons. The normalized spacial score (nSPS) is 13.9. The third-order valence-electron chi connectivity index (χ3n) is 5.46. The van der Waals surface area contributed by atoms with Crippen molar-refractivity contribution in [1.82, 2.24) is 9.47 Å². The van der Waals surface area contributed by atoms with E-state index in [9.17, 15) is 9.59 Å². The lowest BCUT2D eigenvalue weighted by atomic mass is 10.1. The molecular formula is C24H24ClN3O3. The van der Waals surface area contributed by atoms with Crippen molar-refractivity contribution in [3.05, 3.63) is 83.1 Å². The fourth-order valence-electron chi connectivity index (χ4n) is 3.70. The maximum absolute atomic E-state index is 12.5. The molecule has 1 saturated heterocycles. The number of amides is 1. The molecule has 0 saturated carbocycles. The van der Waals surface area contributed by atoms with Crippen molar-refractivity contribution in [3.63, 3.8) is 0 Å². The highest BCUT2D eigenvalue weighted by Gasteiger charge is 2.22. The summed E-state index contributed by atoms with van der Waals surface area (Å²) in [5.41, 5.74) is 3.42. The summed E-state index contributed by atoms with van der Waals surface area (Å²) < 4.78 is 7.25. The van der Waals surface area contributed by atoms with Gasteiger partial charge in [-0.05, 0) is 55.0 Å². The molecule has 0 unspecified atom stereocenters. The van der Waals surface area contributed by atoms with Gasteiger partial charge in [0, 0.05) is 55.0 Å². The van der Waals surface area contributed by atoms with Crippen LogP contribution in [0.5, 0.6) is 0 Å². The first kappa shape index (κ1) is 21.0. The van der Waals surface area contributed by atoms with Gasteiger partial charge in [-0.15, -0.1) is 0 Å². The van der Waals surface area contributed by atoms with Crippen LogP contribution in [0.2, 0.25) is 5.02 Å². The first-order valence-corrected chi connectivity index (χ1v) is 10.6. The fourth-order valence-corrected chi connectivity index (χ4v) is 3.88. The van der Waals surface area contributed by atoms with Gasteiger partial charge in [0.05, 0.1) is 5.56 Å². The molecule has 6 nitrogen and oxygen atoms in total. The second-order valence-corrected chi connectivity index (χ2v) is 7.95. The summed E-state index contributed by atoms with van der Waals surface area (Å²) in [5.74, 6) is -0.684. The molecule has 1 aliphatic rings. The molecule has 0 bridgehead atoms. The number of benzene rings is 2. The molecule has 0 spiro atoms. The monoisotopic (exact) mass is 437 g/mol. The molecule has 1 fully saturated rings. The lowest BCUT2D eigenvalue weighted by Crippen LogP contribution is -2.49. The minimum atomic E-state index is -0.501. The molecule has 1 amide bonds. The average Bonchev–Trinajstić information content (AvgIpc) is 3.32. The smallest absolute Gasteiger partial charge is 0.338 e. The number of aromatic nitrogens is 1. The molecule has 1 aromatic heterocycles. The number of hydrogen-bond acceptors (Lipinski definition) is 4. The predicted molar refractivity (Wildman–Crippen MR) is 121 cm³/mol. The summed E-state index contributed by atoms with van der Waals surface area (Å²) in [4.78, 5) is 29.0. The van der Waals surface area contributed by atoms with Crippen molar-refractivity contribution in [2.75, 3.05) is 37.7 Å². The van der Waals surface area contributed by atoms with E-state index in [1.165, 1.54) is 0 Å². The topological polar surface area (TPSA) is 54.8 Å². The van der Waals surface area contributed by atoms with Gasteiger partial charge < -0.3 is 19.1 Å². The Bertz CT molecular complexity index is 1070. The van der Waals surface area contributed by atoms with Crippen LogP contribution in [-0.2, 0) is 9.53 Å². The van der Waals surface area contributed by atoms with Crippen molar-refractivity contribution in [2.45, 2.75) is 6.92 Å². The van der Waals surface area contributed by atoms with E-state index < -0.39 is 5.97 Å². The van der Waals surface area contributed by atoms with Gasteiger partial charge in [-0.3, -0.25) is 4.79 Å². The molecule has 7 heteroatoms. The van der Waals surface area contributed by atoms with Gasteiger partial charge in [-0.2, -0.15) is 0 Å². The molecular weight excluding hydrogens is 414 g/mol.